The molecule has 3 aliphatic rings. The minimum absolute atomic E-state index is 0.0605. The number of likely N-dealkylation sites (tertiary alicyclic amines) is 1. The topological polar surface area (TPSA) is 162 Å². The summed E-state index contributed by atoms with van der Waals surface area (Å²) in [5.74, 6) is -2.51. The van der Waals surface area contributed by atoms with E-state index in [1.165, 1.54) is 11.0 Å². The highest BCUT2D eigenvalue weighted by atomic mass is 32.2. The number of amides is 4. The molecule has 1 saturated heterocycles. The molecule has 1 heterocycles. The third kappa shape index (κ3) is 5.11. The predicted octanol–water partition coefficient (Wildman–Crippen LogP) is 0.495. The molecule has 4 N–H and O–H groups in total. The second-order valence-electron chi connectivity index (χ2n) is 10.4. The van der Waals surface area contributed by atoms with Gasteiger partial charge < -0.3 is 20.6 Å². The van der Waals surface area contributed by atoms with Crippen LogP contribution in [0.15, 0.2) is 24.8 Å². The van der Waals surface area contributed by atoms with Gasteiger partial charge in [0.1, 0.15) is 17.6 Å². The van der Waals surface area contributed by atoms with Crippen molar-refractivity contribution in [1.29, 1.82) is 0 Å². The normalized spacial score (nSPS) is 27.5. The van der Waals surface area contributed by atoms with Crippen LogP contribution in [-0.4, -0.2) is 71.7 Å². The largest absolute Gasteiger partial charge is 0.465 e. The first-order chi connectivity index (χ1) is 15.6. The fourth-order valence-electron chi connectivity index (χ4n) is 4.22. The standard InChI is InChI=1S/C22H32N4O7S/c1-6-13-10-22(13,19(29)25-34(32,33)14-7-8-14)24-17(27)15-9-12(2)11-26(15)18(28)16(21(3,4)5)23-20(30)31/h6,13-16,23H,1-2,7-11H2,3-5H3,(H,24,27)(H,25,29)(H,30,31)/t13-,15+,16-,22-/m1/s1. The number of nitrogens with one attached hydrogen (secondary N) is 3. The van der Waals surface area contributed by atoms with Gasteiger partial charge >= 0.3 is 6.09 Å². The number of sulfonamides is 1. The maximum Gasteiger partial charge on any atom is 0.405 e. The Labute approximate surface area is 199 Å². The Kier molecular flexibility index (Phi) is 6.59. The minimum atomic E-state index is -3.82. The molecule has 0 radical (unpaired) electrons. The highest BCUT2D eigenvalue weighted by Crippen LogP contribution is 2.45. The molecule has 0 aromatic rings. The van der Waals surface area contributed by atoms with E-state index in [0.717, 1.165) is 0 Å². The Morgan fingerprint density at radius 3 is 2.32 bits per heavy atom. The van der Waals surface area contributed by atoms with Gasteiger partial charge in [-0.3, -0.25) is 19.1 Å². The summed E-state index contributed by atoms with van der Waals surface area (Å²) in [6.45, 7) is 12.7. The van der Waals surface area contributed by atoms with Crippen molar-refractivity contribution >= 4 is 33.8 Å². The Hall–Kier alpha value is -2.89. The van der Waals surface area contributed by atoms with Crippen molar-refractivity contribution in [3.05, 3.63) is 24.8 Å². The van der Waals surface area contributed by atoms with E-state index in [4.69, 9.17) is 0 Å². The van der Waals surface area contributed by atoms with E-state index in [1.54, 1.807) is 20.8 Å². The summed E-state index contributed by atoms with van der Waals surface area (Å²) in [6.07, 6.45) is 1.39. The highest BCUT2D eigenvalue weighted by Gasteiger charge is 2.61. The van der Waals surface area contributed by atoms with E-state index >= 15 is 0 Å². The lowest BCUT2D eigenvalue weighted by molar-refractivity contribution is -0.142. The van der Waals surface area contributed by atoms with Gasteiger partial charge in [0.25, 0.3) is 5.91 Å². The number of carboxylic acid groups (broad SMARTS) is 1. The second-order valence-corrected chi connectivity index (χ2v) is 12.3. The Bertz CT molecular complexity index is 1040. The molecule has 2 aliphatic carbocycles. The molecule has 0 bridgehead atoms. The lowest BCUT2D eigenvalue weighted by Crippen LogP contribution is -2.60. The van der Waals surface area contributed by atoms with Crippen LogP contribution in [0.3, 0.4) is 0 Å². The van der Waals surface area contributed by atoms with E-state index in [-0.39, 0.29) is 19.4 Å². The van der Waals surface area contributed by atoms with Crippen molar-refractivity contribution in [1.82, 2.24) is 20.3 Å². The van der Waals surface area contributed by atoms with Gasteiger partial charge in [0.15, 0.2) is 0 Å². The van der Waals surface area contributed by atoms with Gasteiger partial charge in [-0.25, -0.2) is 13.2 Å². The van der Waals surface area contributed by atoms with Gasteiger partial charge in [0.2, 0.25) is 21.8 Å². The van der Waals surface area contributed by atoms with E-state index in [1.807, 2.05) is 0 Å². The predicted molar refractivity (Wildman–Crippen MR) is 123 cm³/mol. The van der Waals surface area contributed by atoms with Gasteiger partial charge in [0, 0.05) is 12.5 Å². The highest BCUT2D eigenvalue weighted by molar-refractivity contribution is 7.91. The van der Waals surface area contributed by atoms with E-state index in [2.05, 4.69) is 28.5 Å². The summed E-state index contributed by atoms with van der Waals surface area (Å²) in [5.41, 5.74) is -1.65. The first-order valence-corrected chi connectivity index (χ1v) is 12.6. The van der Waals surface area contributed by atoms with E-state index in [0.29, 0.717) is 18.4 Å². The van der Waals surface area contributed by atoms with Crippen LogP contribution in [0.5, 0.6) is 0 Å². The molecule has 3 fully saturated rings. The average Bonchev–Trinajstić information content (AvgIpc) is 3.62. The van der Waals surface area contributed by atoms with Crippen molar-refractivity contribution in [2.75, 3.05) is 6.54 Å². The van der Waals surface area contributed by atoms with Gasteiger partial charge in [-0.1, -0.05) is 39.0 Å². The molecule has 34 heavy (non-hydrogen) atoms. The van der Waals surface area contributed by atoms with Crippen molar-refractivity contribution in [3.63, 3.8) is 0 Å². The molecule has 3 rings (SSSR count). The number of carbonyl (C=O) groups is 4. The molecule has 2 saturated carbocycles. The van der Waals surface area contributed by atoms with Crippen LogP contribution in [0.25, 0.3) is 0 Å². The molecular weight excluding hydrogens is 464 g/mol. The van der Waals surface area contributed by atoms with Gasteiger partial charge in [0.05, 0.1) is 5.25 Å². The van der Waals surface area contributed by atoms with Crippen LogP contribution in [0, 0.1) is 11.3 Å². The van der Waals surface area contributed by atoms with E-state index in [9.17, 15) is 32.7 Å². The summed E-state index contributed by atoms with van der Waals surface area (Å²) in [7, 11) is -3.82. The van der Waals surface area contributed by atoms with Gasteiger partial charge in [-0.2, -0.15) is 0 Å². The molecule has 1 aliphatic heterocycles. The molecular formula is C22H32N4O7S. The van der Waals surface area contributed by atoms with Crippen LogP contribution in [0.2, 0.25) is 0 Å². The van der Waals surface area contributed by atoms with Crippen LogP contribution < -0.4 is 15.4 Å². The minimum Gasteiger partial charge on any atom is -0.465 e. The zero-order valence-corrected chi connectivity index (χ0v) is 20.4. The Morgan fingerprint density at radius 1 is 1.24 bits per heavy atom. The van der Waals surface area contributed by atoms with Gasteiger partial charge in [-0.15, -0.1) is 6.58 Å². The summed E-state index contributed by atoms with van der Waals surface area (Å²) in [5, 5.41) is 13.5. The van der Waals surface area contributed by atoms with Crippen molar-refractivity contribution < 1.29 is 32.7 Å². The number of carbonyl (C=O) groups excluding carboxylic acids is 3. The monoisotopic (exact) mass is 496 g/mol. The number of rotatable bonds is 8. The van der Waals surface area contributed by atoms with Gasteiger partial charge in [-0.05, 0) is 31.1 Å². The molecule has 0 aromatic carbocycles. The zero-order chi connectivity index (χ0) is 25.6. The van der Waals surface area contributed by atoms with Crippen molar-refractivity contribution in [2.45, 2.75) is 69.3 Å². The average molecular weight is 497 g/mol. The first-order valence-electron chi connectivity index (χ1n) is 11.1. The Morgan fingerprint density at radius 2 is 1.85 bits per heavy atom. The quantitative estimate of drug-likeness (QED) is 0.356. The van der Waals surface area contributed by atoms with Crippen LogP contribution in [0.1, 0.15) is 46.5 Å². The number of hydrogen-bond acceptors (Lipinski definition) is 6. The second kappa shape index (κ2) is 8.71. The fourth-order valence-corrected chi connectivity index (χ4v) is 5.59. The van der Waals surface area contributed by atoms with Crippen molar-refractivity contribution in [3.8, 4) is 0 Å². The lowest BCUT2D eigenvalue weighted by atomic mass is 9.85. The zero-order valence-electron chi connectivity index (χ0n) is 19.6. The lowest BCUT2D eigenvalue weighted by Gasteiger charge is -2.35. The SMILES string of the molecule is C=C[C@@H]1C[C@]1(NC(=O)[C@@H]1CC(=C)CN1C(=O)[C@@H](NC(=O)O)C(C)(C)C)C(=O)NS(=O)(=O)C1CC1. The third-order valence-corrected chi connectivity index (χ3v) is 8.29. The molecule has 0 spiro atoms. The summed E-state index contributed by atoms with van der Waals surface area (Å²) >= 11 is 0. The van der Waals surface area contributed by atoms with Crippen LogP contribution >= 0.6 is 0 Å². The maximum atomic E-state index is 13.3. The summed E-state index contributed by atoms with van der Waals surface area (Å²) in [4.78, 5) is 52.0. The van der Waals surface area contributed by atoms with Crippen molar-refractivity contribution in [2.24, 2.45) is 11.3 Å². The Balaban J connectivity index is 1.80. The van der Waals surface area contributed by atoms with Crippen LogP contribution in [0.4, 0.5) is 4.79 Å². The third-order valence-electron chi connectivity index (χ3n) is 6.47. The fraction of sp³-hybridized carbons (Fsp3) is 0.636. The molecule has 188 valence electrons. The summed E-state index contributed by atoms with van der Waals surface area (Å²) in [6, 6.07) is -2.13. The molecule has 12 heteroatoms. The number of nitrogens with zero attached hydrogens (tertiary/aromatic N) is 1. The number of hydrogen-bond donors (Lipinski definition) is 4. The first kappa shape index (κ1) is 25.7. The van der Waals surface area contributed by atoms with Crippen LogP contribution in [-0.2, 0) is 24.4 Å². The molecule has 11 nitrogen and oxygen atoms in total. The molecule has 0 aromatic heterocycles. The molecule has 4 atom stereocenters. The molecule has 4 amide bonds. The summed E-state index contributed by atoms with van der Waals surface area (Å²) < 4.78 is 26.6. The smallest absolute Gasteiger partial charge is 0.405 e. The maximum absolute atomic E-state index is 13.3. The van der Waals surface area contributed by atoms with E-state index < -0.39 is 68.0 Å². The molecule has 0 unspecified atom stereocenters.